The fourth-order valence-electron chi connectivity index (χ4n) is 3.77. The van der Waals surface area contributed by atoms with E-state index in [1.54, 1.807) is 22.9 Å². The number of alkyl halides is 3. The van der Waals surface area contributed by atoms with Crippen molar-refractivity contribution in [3.8, 4) is 28.5 Å². The van der Waals surface area contributed by atoms with E-state index in [0.29, 0.717) is 26.3 Å². The molecule has 0 unspecified atom stereocenters. The summed E-state index contributed by atoms with van der Waals surface area (Å²) in [6.07, 6.45) is -2.76. The first-order valence-corrected chi connectivity index (χ1v) is 14.8. The number of nitrogens with zero attached hydrogens (tertiary/aromatic N) is 4. The average molecular weight is 651 g/mol. The normalized spacial score (nSPS) is 14.9. The molecule has 35 heavy (non-hydrogen) atoms. The van der Waals surface area contributed by atoms with Crippen LogP contribution in [0.1, 0.15) is 18.7 Å². The molecule has 182 valence electrons. The Bertz CT molecular complexity index is 1430. The van der Waals surface area contributed by atoms with Crippen LogP contribution in [-0.4, -0.2) is 36.9 Å². The summed E-state index contributed by atoms with van der Waals surface area (Å²) in [4.78, 5) is 0.667. The third kappa shape index (κ3) is 4.32. The lowest BCUT2D eigenvalue weighted by Gasteiger charge is -2.14. The van der Waals surface area contributed by atoms with Gasteiger partial charge in [-0.25, -0.2) is 4.68 Å². The Kier molecular flexibility index (Phi) is 6.52. The van der Waals surface area contributed by atoms with Crippen LogP contribution in [0, 0.1) is 3.57 Å². The zero-order valence-corrected chi connectivity index (χ0v) is 22.5. The molecule has 0 atom stereocenters. The van der Waals surface area contributed by atoms with Crippen molar-refractivity contribution in [2.45, 2.75) is 29.3 Å². The van der Waals surface area contributed by atoms with Gasteiger partial charge in [0.25, 0.3) is 5.89 Å². The number of benzene rings is 2. The third-order valence-corrected chi connectivity index (χ3v) is 8.72. The van der Waals surface area contributed by atoms with Gasteiger partial charge in [-0.2, -0.15) is 18.3 Å². The molecule has 5 rings (SSSR count). The Hall–Kier alpha value is -1.89. The predicted molar refractivity (Wildman–Crippen MR) is 141 cm³/mol. The Balaban J connectivity index is 1.71. The zero-order valence-electron chi connectivity index (χ0n) is 18.0. The SMILES string of the molecule is C=Ic1ccc(-c2c(SC)c(-c3nnc(C4(C(F)(F)F)CC4)o3)nn2-c2ccc(Cl)cc2Cl)cc1. The fourth-order valence-corrected chi connectivity index (χ4v) is 5.85. The van der Waals surface area contributed by atoms with Crippen molar-refractivity contribution in [2.75, 3.05) is 6.26 Å². The molecule has 1 fully saturated rings. The lowest BCUT2D eigenvalue weighted by Crippen LogP contribution is -2.28. The van der Waals surface area contributed by atoms with Crippen LogP contribution >= 0.6 is 55.7 Å². The molecule has 0 amide bonds. The number of thioether (sulfide) groups is 1. The lowest BCUT2D eigenvalue weighted by molar-refractivity contribution is -0.165. The van der Waals surface area contributed by atoms with Crippen LogP contribution < -0.4 is 0 Å². The summed E-state index contributed by atoms with van der Waals surface area (Å²) in [6, 6.07) is 13.0. The van der Waals surface area contributed by atoms with Gasteiger partial charge < -0.3 is 4.42 Å². The van der Waals surface area contributed by atoms with Gasteiger partial charge in [-0.1, -0.05) is 60.6 Å². The zero-order chi connectivity index (χ0) is 25.0. The van der Waals surface area contributed by atoms with E-state index in [4.69, 9.17) is 32.7 Å². The second-order valence-corrected chi connectivity index (χ2v) is 11.5. The van der Waals surface area contributed by atoms with Gasteiger partial charge in [-0.05, 0) is 49.4 Å². The molecule has 0 N–H and O–H groups in total. The molecule has 1 saturated carbocycles. The number of halogens is 6. The molecule has 2 aromatic carbocycles. The van der Waals surface area contributed by atoms with E-state index in [2.05, 4.69) is 14.7 Å². The van der Waals surface area contributed by atoms with Crippen molar-refractivity contribution in [3.05, 3.63) is 62.0 Å². The van der Waals surface area contributed by atoms with Crippen LogP contribution in [0.25, 0.3) is 28.5 Å². The first-order valence-electron chi connectivity index (χ1n) is 10.2. The minimum absolute atomic E-state index is 0.0746. The van der Waals surface area contributed by atoms with Crippen molar-refractivity contribution < 1.29 is 17.6 Å². The van der Waals surface area contributed by atoms with E-state index in [1.165, 1.54) is 11.8 Å². The maximum Gasteiger partial charge on any atom is 0.403 e. The van der Waals surface area contributed by atoms with Crippen molar-refractivity contribution in [2.24, 2.45) is 0 Å². The molecule has 4 aromatic rings. The van der Waals surface area contributed by atoms with Crippen LogP contribution in [0.15, 0.2) is 51.8 Å². The summed E-state index contributed by atoms with van der Waals surface area (Å²) in [6.45, 7) is 0. The highest BCUT2D eigenvalue weighted by molar-refractivity contribution is 14.2. The molecule has 1 aliphatic rings. The van der Waals surface area contributed by atoms with Crippen molar-refractivity contribution in [3.63, 3.8) is 0 Å². The third-order valence-electron chi connectivity index (χ3n) is 5.79. The summed E-state index contributed by atoms with van der Waals surface area (Å²) < 4.78 is 53.2. The summed E-state index contributed by atoms with van der Waals surface area (Å²) in [5.41, 5.74) is 0.297. The Morgan fingerprint density at radius 1 is 1.11 bits per heavy atom. The molecule has 0 bridgehead atoms. The van der Waals surface area contributed by atoms with Crippen LogP contribution in [0.4, 0.5) is 13.2 Å². The van der Waals surface area contributed by atoms with Crippen LogP contribution in [0.3, 0.4) is 0 Å². The number of hydrogen-bond donors (Lipinski definition) is 0. The maximum absolute atomic E-state index is 13.6. The van der Waals surface area contributed by atoms with Crippen molar-refractivity contribution in [1.82, 2.24) is 20.0 Å². The minimum atomic E-state index is -4.46. The van der Waals surface area contributed by atoms with Gasteiger partial charge in [0.05, 0.1) is 21.3 Å². The number of hydrogen-bond acceptors (Lipinski definition) is 5. The highest BCUT2D eigenvalue weighted by Gasteiger charge is 2.68. The molecule has 0 spiro atoms. The number of aromatic nitrogens is 4. The second-order valence-electron chi connectivity index (χ2n) is 7.87. The standard InChI is InChI=1S/C23H16Cl2F3IN4OS/c1-29-14-6-3-12(4-7-14)18-19(35-2)17(32-33(18)16-8-5-13(24)11-15(16)25)20-30-31-21(34-20)22(9-10-22)23(26,27)28/h3-8,11H,1,9-10H2,2H3. The lowest BCUT2D eigenvalue weighted by atomic mass is 10.1. The van der Waals surface area contributed by atoms with Gasteiger partial charge in [0.1, 0.15) is 5.41 Å². The summed E-state index contributed by atoms with van der Waals surface area (Å²) in [7, 11) is 0. The van der Waals surface area contributed by atoms with Crippen molar-refractivity contribution in [1.29, 1.82) is 0 Å². The van der Waals surface area contributed by atoms with Gasteiger partial charge in [0, 0.05) is 14.2 Å². The quantitative estimate of drug-likeness (QED) is 0.158. The van der Waals surface area contributed by atoms with Gasteiger partial charge >= 0.3 is 6.18 Å². The Morgan fingerprint density at radius 3 is 2.40 bits per heavy atom. The molecular weight excluding hydrogens is 635 g/mol. The fraction of sp³-hybridized carbons (Fsp3) is 0.217. The molecule has 12 heteroatoms. The highest BCUT2D eigenvalue weighted by atomic mass is 127. The predicted octanol–water partition coefficient (Wildman–Crippen LogP) is 7.78. The van der Waals surface area contributed by atoms with E-state index in [0.717, 1.165) is 9.13 Å². The maximum atomic E-state index is 13.6. The highest BCUT2D eigenvalue weighted by Crippen LogP contribution is 2.58. The van der Waals surface area contributed by atoms with Gasteiger partial charge in [-0.3, -0.25) is 0 Å². The molecule has 0 saturated heterocycles. The topological polar surface area (TPSA) is 56.7 Å². The summed E-state index contributed by atoms with van der Waals surface area (Å²) in [5.74, 6) is -0.512. The smallest absolute Gasteiger partial charge is 0.403 e. The van der Waals surface area contributed by atoms with E-state index >= 15 is 0 Å². The first kappa shape index (κ1) is 24.8. The van der Waals surface area contributed by atoms with E-state index < -0.39 is 17.5 Å². The van der Waals surface area contributed by atoms with Crippen molar-refractivity contribution >= 4 is 60.2 Å². The Labute approximate surface area is 222 Å². The molecule has 0 radical (unpaired) electrons. The molecule has 2 aromatic heterocycles. The van der Waals surface area contributed by atoms with Crippen LogP contribution in [0.5, 0.6) is 0 Å². The van der Waals surface area contributed by atoms with Crippen LogP contribution in [-0.2, 0) is 5.41 Å². The molecular formula is C23H16Cl2F3IN4OS. The van der Waals surface area contributed by atoms with Gasteiger partial charge in [-0.15, -0.1) is 22.0 Å². The van der Waals surface area contributed by atoms with E-state index in [9.17, 15) is 13.2 Å². The van der Waals surface area contributed by atoms with Gasteiger partial charge in [0.2, 0.25) is 5.89 Å². The molecule has 0 aliphatic heterocycles. The molecule has 5 nitrogen and oxygen atoms in total. The summed E-state index contributed by atoms with van der Waals surface area (Å²) >= 11 is 13.7. The number of rotatable bonds is 6. The first-order chi connectivity index (χ1) is 16.7. The van der Waals surface area contributed by atoms with E-state index in [1.807, 2.05) is 30.5 Å². The van der Waals surface area contributed by atoms with Crippen LogP contribution in [0.2, 0.25) is 10.0 Å². The van der Waals surface area contributed by atoms with Gasteiger partial charge in [0.15, 0.2) is 5.69 Å². The average Bonchev–Trinajstić information content (AvgIpc) is 3.36. The van der Waals surface area contributed by atoms with E-state index in [-0.39, 0.29) is 45.2 Å². The minimum Gasteiger partial charge on any atom is -0.418 e. The monoisotopic (exact) mass is 650 g/mol. The largest absolute Gasteiger partial charge is 0.418 e. The summed E-state index contributed by atoms with van der Waals surface area (Å²) in [5, 5.41) is 13.2. The molecule has 2 heterocycles. The second kappa shape index (κ2) is 9.20. The molecule has 1 aliphatic carbocycles. The Morgan fingerprint density at radius 2 is 1.83 bits per heavy atom.